The van der Waals surface area contributed by atoms with Gasteiger partial charge in [0.1, 0.15) is 17.4 Å². The van der Waals surface area contributed by atoms with Crippen molar-refractivity contribution in [3.8, 4) is 5.75 Å². The monoisotopic (exact) mass is 361 g/mol. The number of carbonyl (C=O) groups is 2. The van der Waals surface area contributed by atoms with Crippen molar-refractivity contribution >= 4 is 22.8 Å². The van der Waals surface area contributed by atoms with Crippen LogP contribution in [0.2, 0.25) is 0 Å². The summed E-state index contributed by atoms with van der Waals surface area (Å²) in [6.07, 6.45) is 0.712. The van der Waals surface area contributed by atoms with E-state index >= 15 is 0 Å². The highest BCUT2D eigenvalue weighted by Crippen LogP contribution is 2.22. The number of methoxy groups -OCH3 is 1. The molecule has 0 saturated carbocycles. The molecule has 7 heteroatoms. The van der Waals surface area contributed by atoms with Gasteiger partial charge in [-0.2, -0.15) is 0 Å². The zero-order chi connectivity index (χ0) is 19.3. The summed E-state index contributed by atoms with van der Waals surface area (Å²) in [7, 11) is 1.28. The quantitative estimate of drug-likeness (QED) is 0.600. The minimum atomic E-state index is -0.724. The minimum Gasteiger partial charge on any atom is -0.484 e. The second kappa shape index (κ2) is 8.51. The third kappa shape index (κ3) is 4.62. The summed E-state index contributed by atoms with van der Waals surface area (Å²) in [6.45, 7) is 5.32. The Bertz CT molecular complexity index is 857. The van der Waals surface area contributed by atoms with Gasteiger partial charge in [0.25, 0.3) is 5.91 Å². The largest absolute Gasteiger partial charge is 0.484 e. The number of carbonyl (C=O) groups excluding carboxylic acids is 2. The molecule has 1 amide bonds. The molecule has 0 unspecified atom stereocenters. The molecule has 2 rings (SSSR count). The normalized spacial score (nSPS) is 13.1. The lowest BCUT2D eigenvalue weighted by Crippen LogP contribution is -2.47. The van der Waals surface area contributed by atoms with Crippen molar-refractivity contribution in [2.24, 2.45) is 5.92 Å². The first-order valence-electron chi connectivity index (χ1n) is 8.40. The van der Waals surface area contributed by atoms with Crippen molar-refractivity contribution in [2.45, 2.75) is 33.2 Å². The Kier molecular flexibility index (Phi) is 6.38. The molecule has 0 aliphatic heterocycles. The van der Waals surface area contributed by atoms with Crippen molar-refractivity contribution < 1.29 is 23.5 Å². The van der Waals surface area contributed by atoms with Gasteiger partial charge in [-0.05, 0) is 30.5 Å². The highest BCUT2D eigenvalue weighted by molar-refractivity contribution is 5.85. The lowest BCUT2D eigenvalue weighted by Gasteiger charge is -2.21. The third-order valence-electron chi connectivity index (χ3n) is 4.28. The Labute approximate surface area is 151 Å². The number of fused-ring (bicyclic) bond motifs is 1. The first kappa shape index (κ1) is 19.5. The van der Waals surface area contributed by atoms with Gasteiger partial charge in [-0.1, -0.05) is 20.3 Å². The van der Waals surface area contributed by atoms with Crippen LogP contribution in [-0.2, 0) is 14.3 Å². The molecule has 7 nitrogen and oxygen atoms in total. The van der Waals surface area contributed by atoms with Crippen molar-refractivity contribution in [1.82, 2.24) is 5.32 Å². The van der Waals surface area contributed by atoms with Gasteiger partial charge in [0.15, 0.2) is 6.61 Å². The number of rotatable bonds is 7. The topological polar surface area (TPSA) is 94.8 Å². The molecule has 0 spiro atoms. The number of amides is 1. The summed E-state index contributed by atoms with van der Waals surface area (Å²) >= 11 is 0. The number of esters is 1. The van der Waals surface area contributed by atoms with Crippen LogP contribution < -0.4 is 15.7 Å². The van der Waals surface area contributed by atoms with Crippen LogP contribution in [0, 0.1) is 12.8 Å². The molecular weight excluding hydrogens is 338 g/mol. The van der Waals surface area contributed by atoms with E-state index in [1.807, 2.05) is 20.8 Å². The fourth-order valence-electron chi connectivity index (χ4n) is 2.56. The fraction of sp³-hybridized carbons (Fsp3) is 0.421. The predicted molar refractivity (Wildman–Crippen MR) is 96.1 cm³/mol. The van der Waals surface area contributed by atoms with Crippen LogP contribution in [0.1, 0.15) is 25.8 Å². The van der Waals surface area contributed by atoms with E-state index in [4.69, 9.17) is 13.9 Å². The second-order valence-corrected chi connectivity index (χ2v) is 6.15. The van der Waals surface area contributed by atoms with Crippen LogP contribution >= 0.6 is 0 Å². The molecular formula is C19H23NO6. The molecule has 1 heterocycles. The van der Waals surface area contributed by atoms with E-state index in [0.717, 1.165) is 10.9 Å². The van der Waals surface area contributed by atoms with Crippen LogP contribution in [0.3, 0.4) is 0 Å². The van der Waals surface area contributed by atoms with Gasteiger partial charge in [-0.15, -0.1) is 0 Å². The van der Waals surface area contributed by atoms with Gasteiger partial charge in [-0.25, -0.2) is 9.59 Å². The first-order valence-corrected chi connectivity index (χ1v) is 8.40. The van der Waals surface area contributed by atoms with Crippen LogP contribution in [0.4, 0.5) is 0 Å². The number of hydrogen-bond donors (Lipinski definition) is 1. The van der Waals surface area contributed by atoms with E-state index in [1.54, 1.807) is 18.2 Å². The van der Waals surface area contributed by atoms with Crippen LogP contribution in [0.5, 0.6) is 5.75 Å². The van der Waals surface area contributed by atoms with E-state index in [9.17, 15) is 14.4 Å². The molecule has 0 aliphatic rings. The van der Waals surface area contributed by atoms with Gasteiger partial charge in [0, 0.05) is 17.5 Å². The Hall–Kier alpha value is -2.83. The molecule has 0 fully saturated rings. The van der Waals surface area contributed by atoms with E-state index < -0.39 is 23.5 Å². The van der Waals surface area contributed by atoms with Crippen molar-refractivity contribution in [3.63, 3.8) is 0 Å². The summed E-state index contributed by atoms with van der Waals surface area (Å²) in [5, 5.41) is 3.43. The fourth-order valence-corrected chi connectivity index (χ4v) is 2.56. The molecule has 2 atom stereocenters. The highest BCUT2D eigenvalue weighted by Gasteiger charge is 2.26. The Balaban J connectivity index is 2.05. The molecule has 1 aromatic heterocycles. The molecule has 1 aromatic carbocycles. The SMILES string of the molecule is CC[C@H](C)[C@H](NC(=O)COc1ccc2c(C)cc(=O)oc2c1)C(=O)OC. The first-order chi connectivity index (χ1) is 12.3. The molecule has 2 aromatic rings. The van der Waals surface area contributed by atoms with E-state index in [-0.39, 0.29) is 12.5 Å². The Morgan fingerprint density at radius 1 is 1.27 bits per heavy atom. The standard InChI is InChI=1S/C19H23NO6/c1-5-11(2)18(19(23)24-4)20-16(21)10-25-13-6-7-14-12(3)8-17(22)26-15(14)9-13/h6-9,11,18H,5,10H2,1-4H3,(H,20,21)/t11-,18-/m0/s1. The van der Waals surface area contributed by atoms with Crippen molar-refractivity contribution in [2.75, 3.05) is 13.7 Å². The van der Waals surface area contributed by atoms with Crippen LogP contribution in [0.15, 0.2) is 33.5 Å². The molecule has 140 valence electrons. The van der Waals surface area contributed by atoms with Gasteiger partial charge < -0.3 is 19.2 Å². The van der Waals surface area contributed by atoms with Crippen LogP contribution in [0.25, 0.3) is 11.0 Å². The summed E-state index contributed by atoms with van der Waals surface area (Å²) in [4.78, 5) is 35.4. The highest BCUT2D eigenvalue weighted by atomic mass is 16.5. The number of benzene rings is 1. The zero-order valence-corrected chi connectivity index (χ0v) is 15.3. The molecule has 0 bridgehead atoms. The lowest BCUT2D eigenvalue weighted by molar-refractivity contribution is -0.146. The number of ether oxygens (including phenoxy) is 2. The summed E-state index contributed by atoms with van der Waals surface area (Å²) in [5.41, 5.74) is 0.745. The average Bonchev–Trinajstić information content (AvgIpc) is 2.62. The summed E-state index contributed by atoms with van der Waals surface area (Å²) < 4.78 is 15.3. The van der Waals surface area contributed by atoms with Gasteiger partial charge in [0.2, 0.25) is 0 Å². The number of aryl methyl sites for hydroxylation is 1. The third-order valence-corrected chi connectivity index (χ3v) is 4.28. The van der Waals surface area contributed by atoms with Crippen molar-refractivity contribution in [3.05, 3.63) is 40.2 Å². The molecule has 0 aliphatic carbocycles. The summed E-state index contributed by atoms with van der Waals surface area (Å²) in [6, 6.07) is 5.70. The predicted octanol–water partition coefficient (Wildman–Crippen LogP) is 2.18. The van der Waals surface area contributed by atoms with Gasteiger partial charge >= 0.3 is 11.6 Å². The van der Waals surface area contributed by atoms with Crippen molar-refractivity contribution in [1.29, 1.82) is 0 Å². The van der Waals surface area contributed by atoms with Gasteiger partial charge in [0.05, 0.1) is 7.11 Å². The summed E-state index contributed by atoms with van der Waals surface area (Å²) in [5.74, 6) is -0.606. The van der Waals surface area contributed by atoms with E-state index in [0.29, 0.717) is 17.8 Å². The van der Waals surface area contributed by atoms with E-state index in [2.05, 4.69) is 5.32 Å². The zero-order valence-electron chi connectivity index (χ0n) is 15.3. The van der Waals surface area contributed by atoms with Crippen LogP contribution in [-0.4, -0.2) is 31.6 Å². The smallest absolute Gasteiger partial charge is 0.336 e. The molecule has 26 heavy (non-hydrogen) atoms. The van der Waals surface area contributed by atoms with Gasteiger partial charge in [-0.3, -0.25) is 4.79 Å². The Morgan fingerprint density at radius 3 is 2.65 bits per heavy atom. The maximum Gasteiger partial charge on any atom is 0.336 e. The Morgan fingerprint density at radius 2 is 2.00 bits per heavy atom. The second-order valence-electron chi connectivity index (χ2n) is 6.15. The maximum atomic E-state index is 12.1. The maximum absolute atomic E-state index is 12.1. The molecule has 0 saturated heterocycles. The lowest BCUT2D eigenvalue weighted by atomic mass is 9.99. The molecule has 0 radical (unpaired) electrons. The molecule has 1 N–H and O–H groups in total. The number of hydrogen-bond acceptors (Lipinski definition) is 6. The number of nitrogens with one attached hydrogen (secondary N) is 1. The minimum absolute atomic E-state index is 0.0654. The van der Waals surface area contributed by atoms with E-state index in [1.165, 1.54) is 13.2 Å². The average molecular weight is 361 g/mol.